The maximum absolute atomic E-state index is 13.1. The van der Waals surface area contributed by atoms with E-state index < -0.39 is 11.6 Å². The van der Waals surface area contributed by atoms with Crippen molar-refractivity contribution in [3.05, 3.63) is 58.1 Å². The minimum absolute atomic E-state index is 0.0652. The molecule has 0 heterocycles. The quantitative estimate of drug-likeness (QED) is 0.788. The lowest BCUT2D eigenvalue weighted by molar-refractivity contribution is 0.112. The Labute approximate surface area is 110 Å². The van der Waals surface area contributed by atoms with Gasteiger partial charge in [0, 0.05) is 10.5 Å². The summed E-state index contributed by atoms with van der Waals surface area (Å²) >= 11 is 3.12. The summed E-state index contributed by atoms with van der Waals surface area (Å²) < 4.78 is 31.9. The highest BCUT2D eigenvalue weighted by Gasteiger charge is 2.07. The van der Waals surface area contributed by atoms with Gasteiger partial charge in [-0.25, -0.2) is 8.78 Å². The highest BCUT2D eigenvalue weighted by atomic mass is 79.9. The molecule has 92 valence electrons. The number of carbonyl (C=O) groups is 1. The van der Waals surface area contributed by atoms with Gasteiger partial charge in [-0.05, 0) is 30.3 Å². The smallest absolute Gasteiger partial charge is 0.153 e. The van der Waals surface area contributed by atoms with E-state index in [1.54, 1.807) is 6.07 Å². The van der Waals surface area contributed by atoms with Gasteiger partial charge in [-0.2, -0.15) is 0 Å². The molecule has 0 saturated carbocycles. The zero-order valence-corrected chi connectivity index (χ0v) is 10.6. The number of carbonyl (C=O) groups excluding carboxylic acids is 1. The molecule has 0 saturated heterocycles. The van der Waals surface area contributed by atoms with E-state index in [-0.39, 0.29) is 17.1 Å². The third-order valence-corrected chi connectivity index (χ3v) is 2.62. The van der Waals surface area contributed by atoms with E-state index in [2.05, 4.69) is 15.9 Å². The lowest BCUT2D eigenvalue weighted by Crippen LogP contribution is -1.92. The first kappa shape index (κ1) is 12.7. The zero-order chi connectivity index (χ0) is 13.1. The second-order valence-corrected chi connectivity index (χ2v) is 4.42. The van der Waals surface area contributed by atoms with Gasteiger partial charge >= 0.3 is 0 Å². The summed E-state index contributed by atoms with van der Waals surface area (Å²) in [6.07, 6.45) is 0.479. The number of rotatable bonds is 3. The van der Waals surface area contributed by atoms with Crippen molar-refractivity contribution in [3.63, 3.8) is 0 Å². The Morgan fingerprint density at radius 3 is 2.50 bits per heavy atom. The maximum Gasteiger partial charge on any atom is 0.153 e. The fourth-order valence-electron chi connectivity index (χ4n) is 1.42. The molecule has 0 atom stereocenters. The van der Waals surface area contributed by atoms with E-state index in [0.29, 0.717) is 10.8 Å². The number of ether oxygens (including phenoxy) is 1. The highest BCUT2D eigenvalue weighted by molar-refractivity contribution is 9.10. The van der Waals surface area contributed by atoms with Crippen molar-refractivity contribution in [1.29, 1.82) is 0 Å². The molecule has 0 bridgehead atoms. The van der Waals surface area contributed by atoms with Crippen molar-refractivity contribution in [2.45, 2.75) is 0 Å². The molecule has 0 aromatic heterocycles. The van der Waals surface area contributed by atoms with E-state index in [9.17, 15) is 13.6 Å². The van der Waals surface area contributed by atoms with E-state index in [1.807, 2.05) is 0 Å². The zero-order valence-electron chi connectivity index (χ0n) is 8.99. The fraction of sp³-hybridized carbons (Fsp3) is 0. The second-order valence-electron chi connectivity index (χ2n) is 3.51. The average Bonchev–Trinajstić information content (AvgIpc) is 2.30. The normalized spacial score (nSPS) is 10.2. The van der Waals surface area contributed by atoms with Crippen LogP contribution in [0, 0.1) is 11.6 Å². The van der Waals surface area contributed by atoms with Crippen LogP contribution in [0.15, 0.2) is 40.9 Å². The molecule has 0 radical (unpaired) electrons. The lowest BCUT2D eigenvalue weighted by Gasteiger charge is -2.08. The van der Waals surface area contributed by atoms with Gasteiger partial charge in [0.25, 0.3) is 0 Å². The molecule has 0 N–H and O–H groups in total. The Kier molecular flexibility index (Phi) is 3.72. The minimum Gasteiger partial charge on any atom is -0.456 e. The second kappa shape index (κ2) is 5.27. The lowest BCUT2D eigenvalue weighted by atomic mass is 10.2. The largest absolute Gasteiger partial charge is 0.456 e. The average molecular weight is 313 g/mol. The molecule has 0 aliphatic carbocycles. The SMILES string of the molecule is O=Cc1cc(F)ccc1Oc1cc(F)cc(Br)c1. The fourth-order valence-corrected chi connectivity index (χ4v) is 1.86. The van der Waals surface area contributed by atoms with Crippen LogP contribution in [-0.2, 0) is 0 Å². The summed E-state index contributed by atoms with van der Waals surface area (Å²) in [5, 5.41) is 0. The molecule has 0 spiro atoms. The third-order valence-electron chi connectivity index (χ3n) is 2.16. The van der Waals surface area contributed by atoms with Crippen LogP contribution >= 0.6 is 15.9 Å². The third kappa shape index (κ3) is 2.92. The van der Waals surface area contributed by atoms with E-state index in [1.165, 1.54) is 18.2 Å². The van der Waals surface area contributed by atoms with Gasteiger partial charge < -0.3 is 4.74 Å². The van der Waals surface area contributed by atoms with Crippen molar-refractivity contribution in [2.24, 2.45) is 0 Å². The highest BCUT2D eigenvalue weighted by Crippen LogP contribution is 2.28. The molecule has 2 nitrogen and oxygen atoms in total. The molecule has 0 unspecified atom stereocenters. The Morgan fingerprint density at radius 2 is 1.83 bits per heavy atom. The maximum atomic E-state index is 13.1. The van der Waals surface area contributed by atoms with Crippen molar-refractivity contribution in [3.8, 4) is 11.5 Å². The molecular weight excluding hydrogens is 306 g/mol. The number of benzene rings is 2. The molecule has 0 amide bonds. The summed E-state index contributed by atoms with van der Waals surface area (Å²) in [5.74, 6) is -0.625. The molecule has 2 rings (SSSR count). The van der Waals surface area contributed by atoms with Crippen LogP contribution in [-0.4, -0.2) is 6.29 Å². The molecule has 2 aromatic rings. The minimum atomic E-state index is -0.537. The van der Waals surface area contributed by atoms with E-state index in [4.69, 9.17) is 4.74 Å². The predicted octanol–water partition coefficient (Wildman–Crippen LogP) is 4.33. The van der Waals surface area contributed by atoms with Crippen LogP contribution in [0.5, 0.6) is 11.5 Å². The van der Waals surface area contributed by atoms with Crippen molar-refractivity contribution < 1.29 is 18.3 Å². The molecule has 2 aromatic carbocycles. The molecule has 5 heteroatoms. The number of halogens is 3. The van der Waals surface area contributed by atoms with Crippen molar-refractivity contribution >= 4 is 22.2 Å². The first-order valence-corrected chi connectivity index (χ1v) is 5.76. The van der Waals surface area contributed by atoms with Crippen molar-refractivity contribution in [1.82, 2.24) is 0 Å². The molecule has 0 aliphatic heterocycles. The van der Waals surface area contributed by atoms with Crippen LogP contribution in [0.4, 0.5) is 8.78 Å². The predicted molar refractivity (Wildman–Crippen MR) is 66.0 cm³/mol. The standard InChI is InChI=1S/C13H7BrF2O2/c14-9-4-11(16)6-12(5-9)18-13-2-1-10(15)3-8(13)7-17/h1-7H. The summed E-state index contributed by atoms with van der Waals surface area (Å²) in [6, 6.07) is 7.52. The Hall–Kier alpha value is -1.75. The van der Waals surface area contributed by atoms with Crippen LogP contribution in [0.25, 0.3) is 0 Å². The van der Waals surface area contributed by atoms with E-state index >= 15 is 0 Å². The summed E-state index contributed by atoms with van der Waals surface area (Å²) in [7, 11) is 0. The molecular formula is C13H7BrF2O2. The van der Waals surface area contributed by atoms with Gasteiger partial charge in [0.15, 0.2) is 6.29 Å². The van der Waals surface area contributed by atoms with Crippen molar-refractivity contribution in [2.75, 3.05) is 0 Å². The first-order valence-electron chi connectivity index (χ1n) is 4.97. The topological polar surface area (TPSA) is 26.3 Å². The van der Waals surface area contributed by atoms with Gasteiger partial charge in [-0.1, -0.05) is 15.9 Å². The number of hydrogen-bond donors (Lipinski definition) is 0. The van der Waals surface area contributed by atoms with Gasteiger partial charge in [-0.3, -0.25) is 4.79 Å². The summed E-state index contributed by atoms with van der Waals surface area (Å²) in [5.41, 5.74) is 0.0652. The van der Waals surface area contributed by atoms with Crippen LogP contribution < -0.4 is 4.74 Å². The Bertz CT molecular complexity index is 579. The Balaban J connectivity index is 2.36. The van der Waals surface area contributed by atoms with Gasteiger partial charge in [0.1, 0.15) is 23.1 Å². The van der Waals surface area contributed by atoms with Crippen LogP contribution in [0.3, 0.4) is 0 Å². The van der Waals surface area contributed by atoms with E-state index in [0.717, 1.165) is 12.1 Å². The molecule has 18 heavy (non-hydrogen) atoms. The first-order chi connectivity index (χ1) is 8.58. The summed E-state index contributed by atoms with van der Waals surface area (Å²) in [6.45, 7) is 0. The number of hydrogen-bond acceptors (Lipinski definition) is 2. The number of aldehydes is 1. The van der Waals surface area contributed by atoms with Gasteiger partial charge in [0.2, 0.25) is 0 Å². The Morgan fingerprint density at radius 1 is 1.06 bits per heavy atom. The molecule has 0 aliphatic rings. The summed E-state index contributed by atoms with van der Waals surface area (Å²) in [4.78, 5) is 10.8. The van der Waals surface area contributed by atoms with Gasteiger partial charge in [-0.15, -0.1) is 0 Å². The monoisotopic (exact) mass is 312 g/mol. The van der Waals surface area contributed by atoms with Crippen LogP contribution in [0.2, 0.25) is 0 Å². The van der Waals surface area contributed by atoms with Crippen LogP contribution in [0.1, 0.15) is 10.4 Å². The molecule has 0 fully saturated rings. The van der Waals surface area contributed by atoms with Gasteiger partial charge in [0.05, 0.1) is 5.56 Å².